The number of nitrogens with zero attached hydrogens (tertiary/aromatic N) is 1. The van der Waals surface area contributed by atoms with E-state index >= 15 is 0 Å². The Morgan fingerprint density at radius 3 is 2.53 bits per heavy atom. The van der Waals surface area contributed by atoms with Gasteiger partial charge in [-0.2, -0.15) is 4.37 Å². The third-order valence-electron chi connectivity index (χ3n) is 2.64. The van der Waals surface area contributed by atoms with Gasteiger partial charge in [-0.05, 0) is 28.6 Å². The maximum atomic E-state index is 5.56. The molecule has 0 aliphatic rings. The molecule has 3 N–H and O–H groups in total. The molecule has 2 rings (SSSR count). The molecule has 90 valence electrons. The van der Waals surface area contributed by atoms with Crippen LogP contribution in [0.5, 0.6) is 0 Å². The van der Waals surface area contributed by atoms with Crippen molar-refractivity contribution in [3.05, 3.63) is 41.5 Å². The molecule has 0 aliphatic carbocycles. The van der Waals surface area contributed by atoms with Crippen LogP contribution in [-0.2, 0) is 6.54 Å². The lowest BCUT2D eigenvalue weighted by molar-refractivity contribution is 0.865. The van der Waals surface area contributed by atoms with Gasteiger partial charge in [0.25, 0.3) is 0 Å². The van der Waals surface area contributed by atoms with E-state index in [0.29, 0.717) is 11.7 Å². The third-order valence-corrected chi connectivity index (χ3v) is 3.40. The lowest BCUT2D eigenvalue weighted by atomic mass is 10.0. The van der Waals surface area contributed by atoms with Crippen molar-refractivity contribution in [3.8, 4) is 0 Å². The number of nitrogens with two attached hydrogens (primary N) is 1. The zero-order valence-corrected chi connectivity index (χ0v) is 10.9. The number of rotatable bonds is 4. The van der Waals surface area contributed by atoms with E-state index in [9.17, 15) is 0 Å². The fourth-order valence-electron chi connectivity index (χ4n) is 1.58. The molecule has 1 heterocycles. The third kappa shape index (κ3) is 3.20. The summed E-state index contributed by atoms with van der Waals surface area (Å²) in [4.78, 5) is 0. The number of hydrogen-bond acceptors (Lipinski definition) is 4. The Hall–Kier alpha value is -1.55. The molecule has 0 atom stereocenters. The fraction of sp³-hybridized carbons (Fsp3) is 0.308. The highest BCUT2D eigenvalue weighted by molar-refractivity contribution is 7.10. The zero-order chi connectivity index (χ0) is 12.3. The van der Waals surface area contributed by atoms with E-state index in [-0.39, 0.29) is 0 Å². The summed E-state index contributed by atoms with van der Waals surface area (Å²) in [5.41, 5.74) is 8.20. The molecule has 2 aromatic rings. The molecular weight excluding hydrogens is 230 g/mol. The van der Waals surface area contributed by atoms with Crippen molar-refractivity contribution in [3.63, 3.8) is 0 Å². The van der Waals surface area contributed by atoms with Crippen LogP contribution in [-0.4, -0.2) is 4.37 Å². The average Bonchev–Trinajstić information content (AvgIpc) is 2.73. The van der Waals surface area contributed by atoms with Crippen LogP contribution in [0.3, 0.4) is 0 Å². The van der Waals surface area contributed by atoms with E-state index < -0.39 is 0 Å². The van der Waals surface area contributed by atoms with Crippen molar-refractivity contribution in [2.45, 2.75) is 26.3 Å². The van der Waals surface area contributed by atoms with Crippen LogP contribution in [0, 0.1) is 0 Å². The summed E-state index contributed by atoms with van der Waals surface area (Å²) < 4.78 is 4.02. The van der Waals surface area contributed by atoms with Gasteiger partial charge in [-0.25, -0.2) is 0 Å². The Balaban J connectivity index is 1.95. The molecule has 1 aromatic carbocycles. The molecule has 0 radical (unpaired) electrons. The van der Waals surface area contributed by atoms with Crippen LogP contribution in [0.2, 0.25) is 0 Å². The standard InChI is InChI=1S/C13H17N3S/c1-9(2)11-5-3-10(4-6-11)8-15-13-7-12(14)16-17-13/h3-7,9,15H,8H2,1-2H3,(H2,14,16). The first-order valence-corrected chi connectivity index (χ1v) is 6.47. The lowest BCUT2D eigenvalue weighted by Gasteiger charge is -2.07. The van der Waals surface area contributed by atoms with Gasteiger partial charge >= 0.3 is 0 Å². The van der Waals surface area contributed by atoms with E-state index in [4.69, 9.17) is 5.73 Å². The van der Waals surface area contributed by atoms with Crippen LogP contribution in [0.4, 0.5) is 10.8 Å². The van der Waals surface area contributed by atoms with Crippen molar-refractivity contribution >= 4 is 22.4 Å². The van der Waals surface area contributed by atoms with Gasteiger partial charge in [0, 0.05) is 12.6 Å². The summed E-state index contributed by atoms with van der Waals surface area (Å²) >= 11 is 1.39. The minimum atomic E-state index is 0.577. The van der Waals surface area contributed by atoms with Crippen LogP contribution in [0.1, 0.15) is 30.9 Å². The molecule has 0 amide bonds. The van der Waals surface area contributed by atoms with Gasteiger partial charge in [0.2, 0.25) is 0 Å². The molecule has 0 saturated heterocycles. The van der Waals surface area contributed by atoms with Crippen molar-refractivity contribution < 1.29 is 0 Å². The molecule has 0 spiro atoms. The molecule has 0 bridgehead atoms. The fourth-order valence-corrected chi connectivity index (χ4v) is 2.15. The molecule has 0 saturated carbocycles. The maximum Gasteiger partial charge on any atom is 0.139 e. The van der Waals surface area contributed by atoms with Crippen molar-refractivity contribution in [1.29, 1.82) is 0 Å². The van der Waals surface area contributed by atoms with Crippen LogP contribution in [0.25, 0.3) is 0 Å². The second kappa shape index (κ2) is 5.19. The second-order valence-electron chi connectivity index (χ2n) is 4.37. The molecule has 1 aromatic heterocycles. The molecule has 17 heavy (non-hydrogen) atoms. The smallest absolute Gasteiger partial charge is 0.139 e. The number of nitrogens with one attached hydrogen (secondary N) is 1. The summed E-state index contributed by atoms with van der Waals surface area (Å²) in [7, 11) is 0. The highest BCUT2D eigenvalue weighted by Gasteiger charge is 2.00. The van der Waals surface area contributed by atoms with Crippen LogP contribution >= 0.6 is 11.5 Å². The van der Waals surface area contributed by atoms with Gasteiger partial charge in [0.05, 0.1) is 0 Å². The molecule has 0 fully saturated rings. The largest absolute Gasteiger partial charge is 0.383 e. The molecule has 0 unspecified atom stereocenters. The van der Waals surface area contributed by atoms with E-state index in [1.165, 1.54) is 22.7 Å². The Kier molecular flexibility index (Phi) is 3.64. The second-order valence-corrected chi connectivity index (χ2v) is 5.17. The SMILES string of the molecule is CC(C)c1ccc(CNc2cc(N)ns2)cc1. The maximum absolute atomic E-state index is 5.56. The Morgan fingerprint density at radius 2 is 2.00 bits per heavy atom. The first kappa shape index (κ1) is 11.9. The van der Waals surface area contributed by atoms with Crippen LogP contribution in [0.15, 0.2) is 30.3 Å². The summed E-state index contributed by atoms with van der Waals surface area (Å²) in [6.45, 7) is 5.21. The number of hydrogen-bond donors (Lipinski definition) is 2. The quantitative estimate of drug-likeness (QED) is 0.870. The summed E-state index contributed by atoms with van der Waals surface area (Å²) in [5, 5.41) is 4.32. The van der Waals surface area contributed by atoms with Gasteiger partial charge in [-0.3, -0.25) is 0 Å². The van der Waals surface area contributed by atoms with E-state index in [1.807, 2.05) is 6.07 Å². The Morgan fingerprint density at radius 1 is 1.29 bits per heavy atom. The normalized spacial score (nSPS) is 10.8. The first-order valence-electron chi connectivity index (χ1n) is 5.70. The molecule has 3 nitrogen and oxygen atoms in total. The minimum Gasteiger partial charge on any atom is -0.383 e. The summed E-state index contributed by atoms with van der Waals surface area (Å²) in [6, 6.07) is 10.5. The van der Waals surface area contributed by atoms with Crippen molar-refractivity contribution in [2.24, 2.45) is 0 Å². The van der Waals surface area contributed by atoms with E-state index in [1.54, 1.807) is 0 Å². The van der Waals surface area contributed by atoms with Crippen LogP contribution < -0.4 is 11.1 Å². The lowest BCUT2D eigenvalue weighted by Crippen LogP contribution is -1.98. The Labute approximate surface area is 106 Å². The first-order chi connectivity index (χ1) is 8.15. The monoisotopic (exact) mass is 247 g/mol. The summed E-state index contributed by atoms with van der Waals surface area (Å²) in [5.74, 6) is 1.16. The topological polar surface area (TPSA) is 50.9 Å². The van der Waals surface area contributed by atoms with Crippen molar-refractivity contribution in [2.75, 3.05) is 11.1 Å². The van der Waals surface area contributed by atoms with E-state index in [2.05, 4.69) is 47.8 Å². The highest BCUT2D eigenvalue weighted by Crippen LogP contribution is 2.19. The summed E-state index contributed by atoms with van der Waals surface area (Å²) in [6.07, 6.45) is 0. The number of nitrogen functional groups attached to an aromatic ring is 1. The number of anilines is 2. The average molecular weight is 247 g/mol. The Bertz CT molecular complexity index is 474. The predicted molar refractivity (Wildman–Crippen MR) is 74.4 cm³/mol. The highest BCUT2D eigenvalue weighted by atomic mass is 32.1. The zero-order valence-electron chi connectivity index (χ0n) is 10.1. The molecule has 4 heteroatoms. The van der Waals surface area contributed by atoms with Gasteiger partial charge in [0.1, 0.15) is 10.8 Å². The van der Waals surface area contributed by atoms with E-state index in [0.717, 1.165) is 11.5 Å². The number of aromatic nitrogens is 1. The molecule has 0 aliphatic heterocycles. The molecular formula is C13H17N3S. The van der Waals surface area contributed by atoms with Crippen molar-refractivity contribution in [1.82, 2.24) is 4.37 Å². The van der Waals surface area contributed by atoms with Gasteiger partial charge < -0.3 is 11.1 Å². The predicted octanol–water partition coefficient (Wildman–Crippen LogP) is 3.46. The minimum absolute atomic E-state index is 0.577. The number of benzene rings is 1. The van der Waals surface area contributed by atoms with Gasteiger partial charge in [0.15, 0.2) is 0 Å². The van der Waals surface area contributed by atoms with Gasteiger partial charge in [-0.1, -0.05) is 38.1 Å². The van der Waals surface area contributed by atoms with Gasteiger partial charge in [-0.15, -0.1) is 0 Å².